The molecule has 0 aliphatic rings. The number of urea groups is 1. The second-order valence-corrected chi connectivity index (χ2v) is 11.3. The van der Waals surface area contributed by atoms with Crippen molar-refractivity contribution in [2.75, 3.05) is 29.3 Å². The van der Waals surface area contributed by atoms with E-state index in [9.17, 15) is 22.8 Å². The number of nitrogens with one attached hydrogen (secondary N) is 1. The Balaban J connectivity index is 1.76. The normalized spacial score (nSPS) is 12.7. The number of anilines is 2. The Labute approximate surface area is 271 Å². The summed E-state index contributed by atoms with van der Waals surface area (Å²) in [6, 6.07) is 13.3. The lowest BCUT2D eigenvalue weighted by Crippen LogP contribution is -2.30. The molecule has 0 heterocycles. The number of nitrogens with two attached hydrogens (primary N) is 1. The van der Waals surface area contributed by atoms with Crippen molar-refractivity contribution in [2.24, 2.45) is 20.7 Å². The van der Waals surface area contributed by atoms with Crippen LogP contribution in [-0.4, -0.2) is 55.2 Å². The average molecular weight is 675 g/mol. The van der Waals surface area contributed by atoms with Crippen LogP contribution in [0.25, 0.3) is 0 Å². The van der Waals surface area contributed by atoms with Crippen molar-refractivity contribution in [2.45, 2.75) is 33.7 Å². The molecule has 15 heteroatoms. The van der Waals surface area contributed by atoms with Crippen LogP contribution >= 0.6 is 21.0 Å². The Hall–Kier alpha value is -4.26. The molecule has 244 valence electrons. The zero-order valence-corrected chi connectivity index (χ0v) is 27.3. The number of aliphatic imine (C=N–C) groups is 3. The fourth-order valence-electron chi connectivity index (χ4n) is 3.89. The number of thioether (sulfide) groups is 1. The molecule has 3 aromatic carbocycles. The number of rotatable bonds is 13. The SMILES string of the molecule is CCS/C(=N\C(=O)Nc1ccc(C(N)=NC=Nc2ccc(OC(C)F)c(F)c2)cc1P)N(C=O)c1cc(C)ccc1COCCF. The highest BCUT2D eigenvalue weighted by atomic mass is 32.2. The van der Waals surface area contributed by atoms with Gasteiger partial charge in [0.05, 0.1) is 24.6 Å². The van der Waals surface area contributed by atoms with E-state index < -0.39 is 24.9 Å². The first-order valence-corrected chi connectivity index (χ1v) is 15.5. The number of ether oxygens (including phenoxy) is 2. The van der Waals surface area contributed by atoms with Crippen molar-refractivity contribution in [1.29, 1.82) is 0 Å². The second kappa shape index (κ2) is 18.0. The highest BCUT2D eigenvalue weighted by Gasteiger charge is 2.19. The van der Waals surface area contributed by atoms with Gasteiger partial charge in [-0.05, 0) is 59.9 Å². The van der Waals surface area contributed by atoms with E-state index in [1.807, 2.05) is 19.9 Å². The predicted octanol–water partition coefficient (Wildman–Crippen LogP) is 6.18. The molecular formula is C31H34F3N6O4PS. The lowest BCUT2D eigenvalue weighted by molar-refractivity contribution is -0.106. The lowest BCUT2D eigenvalue weighted by atomic mass is 10.1. The molecule has 3 N–H and O–H groups in total. The monoisotopic (exact) mass is 674 g/mol. The van der Waals surface area contributed by atoms with Gasteiger partial charge < -0.3 is 20.5 Å². The van der Waals surface area contributed by atoms with E-state index >= 15 is 0 Å². The van der Waals surface area contributed by atoms with E-state index in [1.54, 1.807) is 30.3 Å². The van der Waals surface area contributed by atoms with Crippen LogP contribution in [0.2, 0.25) is 0 Å². The van der Waals surface area contributed by atoms with E-state index in [0.29, 0.717) is 40.0 Å². The van der Waals surface area contributed by atoms with Crippen LogP contribution in [0.1, 0.15) is 30.5 Å². The maximum Gasteiger partial charge on any atom is 0.347 e. The minimum atomic E-state index is -1.66. The van der Waals surface area contributed by atoms with Crippen molar-refractivity contribution in [3.05, 3.63) is 77.1 Å². The molecule has 0 bridgehead atoms. The fourth-order valence-corrected chi connectivity index (χ4v) is 4.92. The number of hydrogen-bond acceptors (Lipinski definition) is 6. The summed E-state index contributed by atoms with van der Waals surface area (Å²) in [4.78, 5) is 38.8. The molecule has 2 unspecified atom stereocenters. The summed E-state index contributed by atoms with van der Waals surface area (Å²) in [5, 5.41) is 3.41. The third-order valence-corrected chi connectivity index (χ3v) is 7.27. The Morgan fingerprint density at radius 2 is 1.98 bits per heavy atom. The molecule has 2 atom stereocenters. The number of amidine groups is 2. The first kappa shape index (κ1) is 36.2. The third kappa shape index (κ3) is 10.7. The largest absolute Gasteiger partial charge is 0.458 e. The van der Waals surface area contributed by atoms with Gasteiger partial charge >= 0.3 is 6.03 Å². The van der Waals surface area contributed by atoms with Crippen molar-refractivity contribution >= 4 is 73.2 Å². The minimum absolute atomic E-state index is 0.0727. The molecule has 0 saturated carbocycles. The quantitative estimate of drug-likeness (QED) is 0.0732. The second-order valence-electron chi connectivity index (χ2n) is 9.44. The van der Waals surface area contributed by atoms with Crippen molar-refractivity contribution in [1.82, 2.24) is 0 Å². The number of carbonyl (C=O) groups excluding carboxylic acids is 2. The van der Waals surface area contributed by atoms with Gasteiger partial charge in [-0.25, -0.2) is 28.0 Å². The van der Waals surface area contributed by atoms with Crippen LogP contribution < -0.4 is 26.0 Å². The summed E-state index contributed by atoms with van der Waals surface area (Å²) in [5.41, 5.74) is 9.20. The van der Waals surface area contributed by atoms with E-state index in [0.717, 1.165) is 24.9 Å². The van der Waals surface area contributed by atoms with E-state index in [4.69, 9.17) is 15.2 Å². The Bertz CT molecular complexity index is 1620. The summed E-state index contributed by atoms with van der Waals surface area (Å²) in [6.07, 6.45) is 0.0521. The average Bonchev–Trinajstić information content (AvgIpc) is 3.01. The van der Waals surface area contributed by atoms with Gasteiger partial charge in [-0.1, -0.05) is 30.8 Å². The molecule has 0 fully saturated rings. The van der Waals surface area contributed by atoms with Gasteiger partial charge in [-0.3, -0.25) is 9.69 Å². The lowest BCUT2D eigenvalue weighted by Gasteiger charge is -2.22. The Morgan fingerprint density at radius 1 is 1.20 bits per heavy atom. The Morgan fingerprint density at radius 3 is 2.63 bits per heavy atom. The van der Waals surface area contributed by atoms with Crippen LogP contribution in [0.4, 0.5) is 35.0 Å². The van der Waals surface area contributed by atoms with Gasteiger partial charge in [0, 0.05) is 29.8 Å². The standard InChI is InChI=1S/C31H34F3N6O4PS/c1-4-46-31(40(18-41)26-13-19(2)5-6-22(26)16-43-12-11-32)39-30(42)38-25-9-7-21(14-28(25)45)29(35)37-17-36-23-8-10-27(24(34)15-23)44-20(3)33/h5-10,13-15,17-18,20H,4,11-12,16,45H2,1-3H3,(H,38,42)(H2,35,36,37)/b39-31-. The number of hydrogen-bond donors (Lipinski definition) is 2. The maximum absolute atomic E-state index is 14.1. The molecule has 0 spiro atoms. The van der Waals surface area contributed by atoms with Crippen molar-refractivity contribution in [3.63, 3.8) is 0 Å². The van der Waals surface area contributed by atoms with Crippen LogP contribution in [-0.2, 0) is 16.1 Å². The molecule has 0 aromatic heterocycles. The summed E-state index contributed by atoms with van der Waals surface area (Å²) >= 11 is 1.20. The molecule has 3 rings (SSSR count). The number of nitrogens with zero attached hydrogens (tertiary/aromatic N) is 4. The first-order valence-electron chi connectivity index (χ1n) is 13.9. The molecule has 0 aliphatic heterocycles. The third-order valence-electron chi connectivity index (χ3n) is 5.96. The molecular weight excluding hydrogens is 640 g/mol. The number of alkyl halides is 2. The smallest absolute Gasteiger partial charge is 0.347 e. The van der Waals surface area contributed by atoms with Gasteiger partial charge in [0.2, 0.25) is 12.8 Å². The van der Waals surface area contributed by atoms with E-state index in [-0.39, 0.29) is 35.7 Å². The first-order chi connectivity index (χ1) is 22.1. The topological polar surface area (TPSA) is 131 Å². The summed E-state index contributed by atoms with van der Waals surface area (Å²) in [6.45, 7) is 4.21. The van der Waals surface area contributed by atoms with Gasteiger partial charge in [0.25, 0.3) is 0 Å². The number of benzene rings is 3. The van der Waals surface area contributed by atoms with Crippen molar-refractivity contribution < 1.29 is 32.2 Å². The van der Waals surface area contributed by atoms with Gasteiger partial charge in [-0.15, -0.1) is 9.24 Å². The van der Waals surface area contributed by atoms with Gasteiger partial charge in [-0.2, -0.15) is 4.99 Å². The molecule has 0 aliphatic carbocycles. The highest BCUT2D eigenvalue weighted by molar-refractivity contribution is 8.14. The highest BCUT2D eigenvalue weighted by Crippen LogP contribution is 2.26. The number of aryl methyl sites for hydroxylation is 1. The molecule has 46 heavy (non-hydrogen) atoms. The predicted molar refractivity (Wildman–Crippen MR) is 182 cm³/mol. The van der Waals surface area contributed by atoms with Crippen LogP contribution in [0.3, 0.4) is 0 Å². The molecule has 3 aromatic rings. The zero-order valence-electron chi connectivity index (χ0n) is 25.4. The molecule has 0 saturated heterocycles. The van der Waals surface area contributed by atoms with E-state index in [1.165, 1.54) is 28.8 Å². The minimum Gasteiger partial charge on any atom is -0.458 e. The molecule has 0 radical (unpaired) electrons. The van der Waals surface area contributed by atoms with Crippen LogP contribution in [0.15, 0.2) is 69.6 Å². The van der Waals surface area contributed by atoms with E-state index in [2.05, 4.69) is 29.5 Å². The van der Waals surface area contributed by atoms with Gasteiger partial charge in [0.15, 0.2) is 16.7 Å². The number of carbonyl (C=O) groups is 2. The van der Waals surface area contributed by atoms with Crippen LogP contribution in [0, 0.1) is 12.7 Å². The number of halogens is 3. The zero-order chi connectivity index (χ0) is 33.6. The molecule has 10 nitrogen and oxygen atoms in total. The fraction of sp³-hybridized carbons (Fsp3) is 0.258. The number of amides is 3. The van der Waals surface area contributed by atoms with Gasteiger partial charge in [0.1, 0.15) is 18.8 Å². The van der Waals surface area contributed by atoms with Crippen LogP contribution in [0.5, 0.6) is 5.75 Å². The maximum atomic E-state index is 14.1. The summed E-state index contributed by atoms with van der Waals surface area (Å²) in [7, 11) is 2.49. The van der Waals surface area contributed by atoms with Crippen molar-refractivity contribution in [3.8, 4) is 5.75 Å². The Kier molecular flexibility index (Phi) is 14.2. The summed E-state index contributed by atoms with van der Waals surface area (Å²) < 4.78 is 49.7. The summed E-state index contributed by atoms with van der Waals surface area (Å²) in [5.74, 6) is -0.386. The molecule has 3 amide bonds.